The third-order valence-electron chi connectivity index (χ3n) is 7.17. The van der Waals surface area contributed by atoms with Gasteiger partial charge in [0.2, 0.25) is 0 Å². The maximum Gasteiger partial charge on any atom is 0.410 e. The van der Waals surface area contributed by atoms with Crippen molar-refractivity contribution in [2.45, 2.75) is 43.7 Å². The van der Waals surface area contributed by atoms with Gasteiger partial charge in [0, 0.05) is 24.4 Å². The summed E-state index contributed by atoms with van der Waals surface area (Å²) in [6.45, 7) is 0.384. The number of carbonyl (C=O) groups excluding carboxylic acids is 1. The Balaban J connectivity index is 1.17. The van der Waals surface area contributed by atoms with E-state index in [2.05, 4.69) is 65.7 Å². The Kier molecular flexibility index (Phi) is 4.79. The van der Waals surface area contributed by atoms with Crippen LogP contribution in [-0.2, 0) is 11.2 Å². The number of benzene rings is 2. The van der Waals surface area contributed by atoms with Gasteiger partial charge in [-0.2, -0.15) is 0 Å². The molecule has 32 heavy (non-hydrogen) atoms. The largest absolute Gasteiger partial charge is 0.448 e. The van der Waals surface area contributed by atoms with Crippen molar-refractivity contribution in [3.05, 3.63) is 101 Å². The quantitative estimate of drug-likeness (QED) is 0.504. The van der Waals surface area contributed by atoms with Gasteiger partial charge in [0.1, 0.15) is 6.61 Å². The highest BCUT2D eigenvalue weighted by Gasteiger charge is 2.41. The van der Waals surface area contributed by atoms with Crippen LogP contribution in [0.3, 0.4) is 0 Å². The normalized spacial score (nSPS) is 21.1. The van der Waals surface area contributed by atoms with Crippen LogP contribution >= 0.6 is 0 Å². The minimum Gasteiger partial charge on any atom is -0.448 e. The molecule has 0 saturated carbocycles. The highest BCUT2D eigenvalue weighted by Crippen LogP contribution is 2.45. The number of hydrogen-bond donors (Lipinski definition) is 0. The lowest BCUT2D eigenvalue weighted by molar-refractivity contribution is 0.0849. The predicted octanol–water partition coefficient (Wildman–Crippen LogP) is 5.74. The molecule has 2 bridgehead atoms. The molecule has 2 aromatic carbocycles. The third kappa shape index (κ3) is 3.31. The first-order valence-electron chi connectivity index (χ1n) is 11.5. The summed E-state index contributed by atoms with van der Waals surface area (Å²) in [5.41, 5.74) is 7.65. The Morgan fingerprint density at radius 2 is 1.72 bits per heavy atom. The zero-order valence-corrected chi connectivity index (χ0v) is 18.0. The lowest BCUT2D eigenvalue weighted by Gasteiger charge is -2.33. The second-order valence-corrected chi connectivity index (χ2v) is 9.08. The number of fused-ring (bicyclic) bond motifs is 5. The molecular weight excluding hydrogens is 396 g/mol. The Bertz CT molecular complexity index is 1140. The molecule has 3 aliphatic rings. The van der Waals surface area contributed by atoms with E-state index in [4.69, 9.17) is 4.74 Å². The molecule has 4 nitrogen and oxygen atoms in total. The Hall–Kier alpha value is -3.40. The predicted molar refractivity (Wildman–Crippen MR) is 124 cm³/mol. The lowest BCUT2D eigenvalue weighted by atomic mass is 9.96. The van der Waals surface area contributed by atoms with Crippen molar-refractivity contribution >= 4 is 6.09 Å². The van der Waals surface area contributed by atoms with Crippen LogP contribution in [0.2, 0.25) is 0 Å². The van der Waals surface area contributed by atoms with E-state index < -0.39 is 0 Å². The minimum absolute atomic E-state index is 0.102. The van der Waals surface area contributed by atoms with Gasteiger partial charge in [-0.1, -0.05) is 66.2 Å². The molecule has 1 amide bonds. The summed E-state index contributed by atoms with van der Waals surface area (Å²) in [6.07, 6.45) is 9.76. The van der Waals surface area contributed by atoms with Gasteiger partial charge in [0.15, 0.2) is 0 Å². The first-order valence-corrected chi connectivity index (χ1v) is 11.5. The van der Waals surface area contributed by atoms with Crippen molar-refractivity contribution in [2.75, 3.05) is 6.61 Å². The van der Waals surface area contributed by atoms with E-state index in [9.17, 15) is 4.79 Å². The van der Waals surface area contributed by atoms with E-state index in [0.717, 1.165) is 25.7 Å². The van der Waals surface area contributed by atoms with Crippen LogP contribution in [-0.4, -0.2) is 34.7 Å². The number of nitrogens with zero attached hydrogens (tertiary/aromatic N) is 2. The molecule has 2 atom stereocenters. The van der Waals surface area contributed by atoms with Gasteiger partial charge in [0.25, 0.3) is 0 Å². The number of amides is 1. The van der Waals surface area contributed by atoms with E-state index in [1.54, 1.807) is 6.20 Å². The highest BCUT2D eigenvalue weighted by molar-refractivity contribution is 5.79. The molecular formula is C28H26N2O2. The number of rotatable bonds is 4. The summed E-state index contributed by atoms with van der Waals surface area (Å²) in [7, 11) is 0. The molecule has 3 aromatic rings. The molecule has 6 rings (SSSR count). The van der Waals surface area contributed by atoms with Gasteiger partial charge in [-0.05, 0) is 59.6 Å². The molecule has 1 aliphatic carbocycles. The monoisotopic (exact) mass is 422 g/mol. The van der Waals surface area contributed by atoms with Crippen molar-refractivity contribution in [2.24, 2.45) is 0 Å². The van der Waals surface area contributed by atoms with Crippen LogP contribution in [0.4, 0.5) is 4.79 Å². The Labute approximate surface area is 188 Å². The van der Waals surface area contributed by atoms with Gasteiger partial charge in [-0.15, -0.1) is 0 Å². The molecule has 2 unspecified atom stereocenters. The first kappa shape index (κ1) is 19.3. The zero-order valence-electron chi connectivity index (χ0n) is 18.0. The van der Waals surface area contributed by atoms with Gasteiger partial charge in [-0.3, -0.25) is 9.88 Å². The third-order valence-corrected chi connectivity index (χ3v) is 7.17. The van der Waals surface area contributed by atoms with E-state index in [1.165, 1.54) is 33.4 Å². The van der Waals surface area contributed by atoms with Gasteiger partial charge < -0.3 is 4.74 Å². The second-order valence-electron chi connectivity index (χ2n) is 9.08. The summed E-state index contributed by atoms with van der Waals surface area (Å²) < 4.78 is 5.96. The topological polar surface area (TPSA) is 42.4 Å². The Morgan fingerprint density at radius 3 is 2.41 bits per heavy atom. The number of hydrogen-bond acceptors (Lipinski definition) is 3. The summed E-state index contributed by atoms with van der Waals surface area (Å²) >= 11 is 0. The van der Waals surface area contributed by atoms with Gasteiger partial charge in [0.05, 0.1) is 6.04 Å². The van der Waals surface area contributed by atoms with Crippen molar-refractivity contribution in [3.63, 3.8) is 0 Å². The number of ether oxygens (including phenoxy) is 1. The van der Waals surface area contributed by atoms with Crippen molar-refractivity contribution in [1.29, 1.82) is 0 Å². The number of aromatic nitrogens is 1. The zero-order chi connectivity index (χ0) is 21.5. The maximum atomic E-state index is 13.2. The summed E-state index contributed by atoms with van der Waals surface area (Å²) in [6, 6.07) is 21.4. The molecule has 4 heteroatoms. The van der Waals surface area contributed by atoms with E-state index in [0.29, 0.717) is 6.61 Å². The molecule has 2 aliphatic heterocycles. The average Bonchev–Trinajstić information content (AvgIpc) is 3.30. The summed E-state index contributed by atoms with van der Waals surface area (Å²) in [4.78, 5) is 19.4. The fourth-order valence-electron chi connectivity index (χ4n) is 5.77. The minimum atomic E-state index is -0.170. The van der Waals surface area contributed by atoms with Crippen LogP contribution in [0.25, 0.3) is 11.1 Å². The summed E-state index contributed by atoms with van der Waals surface area (Å²) in [5, 5.41) is 0. The first-order chi connectivity index (χ1) is 15.8. The van der Waals surface area contributed by atoms with E-state index in [1.807, 2.05) is 17.2 Å². The van der Waals surface area contributed by atoms with Crippen LogP contribution in [0, 0.1) is 0 Å². The van der Waals surface area contributed by atoms with Crippen LogP contribution < -0.4 is 0 Å². The van der Waals surface area contributed by atoms with E-state index in [-0.39, 0.29) is 24.1 Å². The maximum absolute atomic E-state index is 13.2. The molecule has 0 spiro atoms. The Morgan fingerprint density at radius 1 is 0.969 bits per heavy atom. The fourth-order valence-corrected chi connectivity index (χ4v) is 5.77. The molecule has 0 radical (unpaired) electrons. The van der Waals surface area contributed by atoms with Gasteiger partial charge in [-0.25, -0.2) is 4.79 Å². The summed E-state index contributed by atoms with van der Waals surface area (Å²) in [5.74, 6) is 0.102. The number of pyridine rings is 1. The van der Waals surface area contributed by atoms with Crippen molar-refractivity contribution < 1.29 is 9.53 Å². The van der Waals surface area contributed by atoms with Crippen molar-refractivity contribution in [3.8, 4) is 11.1 Å². The SMILES string of the molecule is O=C(OCC1c2ccccc2-c2ccccc21)N1C2C=C(Cc3cccnc3)CC1CC2. The molecule has 0 N–H and O–H groups in total. The molecule has 1 saturated heterocycles. The van der Waals surface area contributed by atoms with E-state index >= 15 is 0 Å². The number of carbonyl (C=O) groups is 1. The molecule has 160 valence electrons. The molecule has 3 heterocycles. The van der Waals surface area contributed by atoms with Gasteiger partial charge >= 0.3 is 6.09 Å². The van der Waals surface area contributed by atoms with Crippen LogP contribution in [0.1, 0.15) is 41.9 Å². The lowest BCUT2D eigenvalue weighted by Crippen LogP contribution is -2.44. The van der Waals surface area contributed by atoms with Crippen LogP contribution in [0.15, 0.2) is 84.7 Å². The van der Waals surface area contributed by atoms with Crippen molar-refractivity contribution in [1.82, 2.24) is 9.88 Å². The molecule has 1 aromatic heterocycles. The fraction of sp³-hybridized carbons (Fsp3) is 0.286. The smallest absolute Gasteiger partial charge is 0.410 e. The second kappa shape index (κ2) is 7.94. The standard InChI is InChI=1S/C28H26N2O2/c31-28(30-21-11-12-22(30)16-20(15-21)14-19-6-5-13-29-17-19)32-18-27-25-9-3-1-7-23(25)24-8-2-4-10-26(24)27/h1-10,13,15,17,21-22,27H,11-12,14,16,18H2. The highest BCUT2D eigenvalue weighted by atomic mass is 16.6. The van der Waals surface area contributed by atoms with Crippen LogP contribution in [0.5, 0.6) is 0 Å². The average molecular weight is 423 g/mol. The molecule has 1 fully saturated rings.